The van der Waals surface area contributed by atoms with Gasteiger partial charge in [-0.15, -0.1) is 0 Å². The zero-order chi connectivity index (χ0) is 14.0. The molecule has 108 valence electrons. The van der Waals surface area contributed by atoms with Crippen LogP contribution in [0.1, 0.15) is 70.7 Å². The summed E-state index contributed by atoms with van der Waals surface area (Å²) < 4.78 is 2.07. The fourth-order valence-electron chi connectivity index (χ4n) is 3.50. The Labute approximate surface area is 121 Å². The highest BCUT2D eigenvalue weighted by molar-refractivity contribution is 6.31. The number of halogens is 1. The monoisotopic (exact) mass is 283 g/mol. The predicted octanol–water partition coefficient (Wildman–Crippen LogP) is 4.35. The summed E-state index contributed by atoms with van der Waals surface area (Å²) >= 11 is 6.42. The molecule has 19 heavy (non-hydrogen) atoms. The third-order valence-corrected chi connectivity index (χ3v) is 4.82. The molecule has 1 atom stereocenters. The van der Waals surface area contributed by atoms with E-state index in [4.69, 9.17) is 11.6 Å². The first-order valence-corrected chi connectivity index (χ1v) is 7.77. The molecule has 0 aromatic carbocycles. The van der Waals surface area contributed by atoms with Gasteiger partial charge in [-0.05, 0) is 39.2 Å². The Balaban J connectivity index is 2.38. The molecule has 1 fully saturated rings. The summed E-state index contributed by atoms with van der Waals surface area (Å²) in [6.07, 6.45) is 8.32. The molecule has 4 heteroatoms. The van der Waals surface area contributed by atoms with Gasteiger partial charge in [0, 0.05) is 6.04 Å². The summed E-state index contributed by atoms with van der Waals surface area (Å²) in [6, 6.07) is 0.621. The van der Waals surface area contributed by atoms with Crippen LogP contribution in [-0.4, -0.2) is 16.8 Å². The van der Waals surface area contributed by atoms with Crippen LogP contribution in [0.4, 0.5) is 0 Å². The maximum atomic E-state index is 6.42. The van der Waals surface area contributed by atoms with Gasteiger partial charge in [-0.1, -0.05) is 37.8 Å². The van der Waals surface area contributed by atoms with E-state index < -0.39 is 0 Å². The molecule has 1 saturated carbocycles. The van der Waals surface area contributed by atoms with Gasteiger partial charge in [-0.25, -0.2) is 0 Å². The smallest absolute Gasteiger partial charge is 0.0834 e. The van der Waals surface area contributed by atoms with Crippen molar-refractivity contribution in [2.45, 2.75) is 65.0 Å². The predicted molar refractivity (Wildman–Crippen MR) is 80.6 cm³/mol. The second-order valence-electron chi connectivity index (χ2n) is 6.35. The van der Waals surface area contributed by atoms with Crippen molar-refractivity contribution in [2.24, 2.45) is 5.41 Å². The minimum Gasteiger partial charge on any atom is -0.311 e. The van der Waals surface area contributed by atoms with Crippen molar-refractivity contribution >= 4 is 11.6 Å². The van der Waals surface area contributed by atoms with E-state index in [-0.39, 0.29) is 11.5 Å². The van der Waals surface area contributed by atoms with E-state index in [0.717, 1.165) is 10.7 Å². The van der Waals surface area contributed by atoms with E-state index in [0.29, 0.717) is 6.04 Å². The lowest BCUT2D eigenvalue weighted by molar-refractivity contribution is 0.143. The Hall–Kier alpha value is -0.540. The fraction of sp³-hybridized carbons (Fsp3) is 0.800. The van der Waals surface area contributed by atoms with Crippen molar-refractivity contribution in [2.75, 3.05) is 7.05 Å². The molecule has 1 heterocycles. The molecule has 3 nitrogen and oxygen atoms in total. The first kappa shape index (κ1) is 14.9. The van der Waals surface area contributed by atoms with Crippen molar-refractivity contribution in [3.63, 3.8) is 0 Å². The van der Waals surface area contributed by atoms with E-state index in [1.807, 2.05) is 7.05 Å². The Bertz CT molecular complexity index is 419. The van der Waals surface area contributed by atoms with Crippen LogP contribution in [-0.2, 0) is 0 Å². The van der Waals surface area contributed by atoms with Gasteiger partial charge < -0.3 is 5.32 Å². The molecule has 0 aliphatic heterocycles. The molecular weight excluding hydrogens is 258 g/mol. The molecule has 1 unspecified atom stereocenters. The highest BCUT2D eigenvalue weighted by atomic mass is 35.5. The number of hydrogen-bond donors (Lipinski definition) is 1. The Morgan fingerprint density at radius 3 is 2.47 bits per heavy atom. The second-order valence-corrected chi connectivity index (χ2v) is 6.76. The lowest BCUT2D eigenvalue weighted by Gasteiger charge is -2.41. The lowest BCUT2D eigenvalue weighted by Crippen LogP contribution is -2.37. The van der Waals surface area contributed by atoms with E-state index in [1.54, 1.807) is 6.20 Å². The summed E-state index contributed by atoms with van der Waals surface area (Å²) in [6.45, 7) is 6.70. The normalized spacial score (nSPS) is 20.7. The molecule has 1 aliphatic carbocycles. The van der Waals surface area contributed by atoms with Gasteiger partial charge in [-0.2, -0.15) is 5.10 Å². The maximum absolute atomic E-state index is 6.42. The lowest BCUT2D eigenvalue weighted by atomic mass is 9.69. The number of aromatic nitrogens is 2. The quantitative estimate of drug-likeness (QED) is 0.890. The molecule has 0 amide bonds. The third kappa shape index (κ3) is 2.82. The summed E-state index contributed by atoms with van der Waals surface area (Å²) in [5, 5.41) is 8.75. The third-order valence-electron chi connectivity index (χ3n) is 4.53. The Morgan fingerprint density at radius 2 is 1.95 bits per heavy atom. The molecule has 2 rings (SSSR count). The zero-order valence-electron chi connectivity index (χ0n) is 12.5. The van der Waals surface area contributed by atoms with Crippen LogP contribution in [0.3, 0.4) is 0 Å². The Kier molecular flexibility index (Phi) is 4.57. The standard InChI is InChI=1S/C15H26ClN3/c1-11(2)19-13(12(16)10-18-19)14(17-4)15(3)8-6-5-7-9-15/h10-11,14,17H,5-9H2,1-4H3. The van der Waals surface area contributed by atoms with Crippen LogP contribution in [0.15, 0.2) is 6.20 Å². The van der Waals surface area contributed by atoms with E-state index in [1.165, 1.54) is 32.1 Å². The molecule has 1 N–H and O–H groups in total. The molecule has 0 spiro atoms. The largest absolute Gasteiger partial charge is 0.311 e. The first-order chi connectivity index (χ1) is 8.99. The Morgan fingerprint density at radius 1 is 1.32 bits per heavy atom. The molecule has 1 aliphatic rings. The van der Waals surface area contributed by atoms with Crippen LogP contribution in [0.5, 0.6) is 0 Å². The van der Waals surface area contributed by atoms with Crippen LogP contribution < -0.4 is 5.32 Å². The van der Waals surface area contributed by atoms with Crippen molar-refractivity contribution in [1.82, 2.24) is 15.1 Å². The van der Waals surface area contributed by atoms with Crippen molar-refractivity contribution in [3.8, 4) is 0 Å². The molecule has 0 saturated heterocycles. The highest BCUT2D eigenvalue weighted by Crippen LogP contribution is 2.47. The van der Waals surface area contributed by atoms with Crippen molar-refractivity contribution in [3.05, 3.63) is 16.9 Å². The van der Waals surface area contributed by atoms with E-state index >= 15 is 0 Å². The highest BCUT2D eigenvalue weighted by Gasteiger charge is 2.38. The number of hydrogen-bond acceptors (Lipinski definition) is 2. The van der Waals surface area contributed by atoms with Gasteiger partial charge in [0.25, 0.3) is 0 Å². The second kappa shape index (κ2) is 5.84. The number of nitrogens with zero attached hydrogens (tertiary/aromatic N) is 2. The zero-order valence-corrected chi connectivity index (χ0v) is 13.3. The summed E-state index contributed by atoms with van der Waals surface area (Å²) in [5.41, 5.74) is 1.44. The van der Waals surface area contributed by atoms with Crippen molar-refractivity contribution in [1.29, 1.82) is 0 Å². The van der Waals surface area contributed by atoms with Gasteiger partial charge >= 0.3 is 0 Å². The van der Waals surface area contributed by atoms with E-state index in [9.17, 15) is 0 Å². The fourth-order valence-corrected chi connectivity index (χ4v) is 3.74. The molecule has 1 aromatic heterocycles. The average Bonchev–Trinajstić information content (AvgIpc) is 2.73. The van der Waals surface area contributed by atoms with Crippen LogP contribution in [0.25, 0.3) is 0 Å². The molecule has 0 radical (unpaired) electrons. The first-order valence-electron chi connectivity index (χ1n) is 7.40. The van der Waals surface area contributed by atoms with Crippen LogP contribution in [0.2, 0.25) is 5.02 Å². The number of rotatable bonds is 4. The minimum absolute atomic E-state index is 0.281. The summed E-state index contributed by atoms with van der Waals surface area (Å²) in [7, 11) is 2.04. The van der Waals surface area contributed by atoms with Gasteiger partial charge in [-0.3, -0.25) is 4.68 Å². The summed E-state index contributed by atoms with van der Waals surface area (Å²) in [5.74, 6) is 0. The van der Waals surface area contributed by atoms with Crippen LogP contribution in [0, 0.1) is 5.41 Å². The maximum Gasteiger partial charge on any atom is 0.0834 e. The van der Waals surface area contributed by atoms with E-state index in [2.05, 4.69) is 35.9 Å². The average molecular weight is 284 g/mol. The van der Waals surface area contributed by atoms with Gasteiger partial charge in [0.05, 0.1) is 23.0 Å². The molecule has 1 aromatic rings. The van der Waals surface area contributed by atoms with Crippen molar-refractivity contribution < 1.29 is 0 Å². The van der Waals surface area contributed by atoms with Crippen LogP contribution >= 0.6 is 11.6 Å². The molecule has 0 bridgehead atoms. The summed E-state index contributed by atoms with van der Waals surface area (Å²) in [4.78, 5) is 0. The topological polar surface area (TPSA) is 29.9 Å². The van der Waals surface area contributed by atoms with Gasteiger partial charge in [0.1, 0.15) is 0 Å². The number of nitrogens with one attached hydrogen (secondary N) is 1. The van der Waals surface area contributed by atoms with Gasteiger partial charge in [0.2, 0.25) is 0 Å². The molecular formula is C15H26ClN3. The minimum atomic E-state index is 0.281. The SMILES string of the molecule is CNC(c1c(Cl)cnn1C(C)C)C1(C)CCCCC1. The van der Waals surface area contributed by atoms with Gasteiger partial charge in [0.15, 0.2) is 0 Å².